The molecule has 0 aliphatic heterocycles. The van der Waals surface area contributed by atoms with Gasteiger partial charge in [-0.05, 0) is 67.6 Å². The number of hydrogen-bond donors (Lipinski definition) is 3. The summed E-state index contributed by atoms with van der Waals surface area (Å²) >= 11 is 0. The zero-order valence-electron chi connectivity index (χ0n) is 17.0. The first-order valence-corrected chi connectivity index (χ1v) is 10.4. The number of carbonyl (C=O) groups excluding carboxylic acids is 1. The van der Waals surface area contributed by atoms with E-state index in [1.165, 1.54) is 28.6 Å². The van der Waals surface area contributed by atoms with Gasteiger partial charge in [-0.2, -0.15) is 0 Å². The molecule has 0 fully saturated rings. The smallest absolute Gasteiger partial charge is 0.251 e. The average molecular weight is 399 g/mol. The fraction of sp³-hybridized carbons (Fsp3) is 0.250. The fourth-order valence-electron chi connectivity index (χ4n) is 4.69. The lowest BCUT2D eigenvalue weighted by Gasteiger charge is -2.09. The van der Waals surface area contributed by atoms with Crippen molar-refractivity contribution < 1.29 is 4.79 Å². The van der Waals surface area contributed by atoms with E-state index in [0.29, 0.717) is 23.6 Å². The van der Waals surface area contributed by atoms with Crippen molar-refractivity contribution in [3.05, 3.63) is 64.8 Å². The van der Waals surface area contributed by atoms with Gasteiger partial charge in [0.25, 0.3) is 5.91 Å². The lowest BCUT2D eigenvalue weighted by Crippen LogP contribution is -2.22. The Hall–Kier alpha value is -3.54. The van der Waals surface area contributed by atoms with E-state index in [1.807, 2.05) is 30.3 Å². The van der Waals surface area contributed by atoms with Crippen molar-refractivity contribution in [2.45, 2.75) is 39.3 Å². The number of anilines is 2. The summed E-state index contributed by atoms with van der Waals surface area (Å²) < 4.78 is 2.39. The Labute approximate surface area is 174 Å². The van der Waals surface area contributed by atoms with Crippen LogP contribution in [0.15, 0.2) is 42.5 Å². The van der Waals surface area contributed by atoms with E-state index in [9.17, 15) is 4.79 Å². The van der Waals surface area contributed by atoms with Crippen LogP contribution < -0.4 is 16.8 Å². The molecule has 6 nitrogen and oxygen atoms in total. The maximum atomic E-state index is 12.8. The zero-order valence-corrected chi connectivity index (χ0v) is 17.0. The molecular weight excluding hydrogens is 374 g/mol. The second-order valence-electron chi connectivity index (χ2n) is 7.93. The molecular formula is C24H25N5O. The van der Waals surface area contributed by atoms with E-state index in [0.717, 1.165) is 35.9 Å². The Morgan fingerprint density at radius 3 is 2.80 bits per heavy atom. The van der Waals surface area contributed by atoms with Gasteiger partial charge in [0.2, 0.25) is 0 Å². The van der Waals surface area contributed by atoms with Crippen LogP contribution in [0.25, 0.3) is 21.8 Å². The number of benzene rings is 2. The van der Waals surface area contributed by atoms with E-state index in [-0.39, 0.29) is 5.91 Å². The molecule has 0 unspecified atom stereocenters. The van der Waals surface area contributed by atoms with E-state index in [1.54, 1.807) is 6.07 Å². The monoisotopic (exact) mass is 399 g/mol. The third-order valence-electron chi connectivity index (χ3n) is 6.08. The van der Waals surface area contributed by atoms with Gasteiger partial charge in [-0.25, -0.2) is 4.98 Å². The highest BCUT2D eigenvalue weighted by atomic mass is 16.1. The minimum atomic E-state index is -0.0728. The number of nitrogens with two attached hydrogens (primary N) is 2. The Morgan fingerprint density at radius 2 is 1.97 bits per heavy atom. The van der Waals surface area contributed by atoms with Crippen molar-refractivity contribution in [1.29, 1.82) is 0 Å². The predicted molar refractivity (Wildman–Crippen MR) is 121 cm³/mol. The van der Waals surface area contributed by atoms with Crippen molar-refractivity contribution in [1.82, 2.24) is 14.9 Å². The SMILES string of the molecule is CCn1c2c(c3cc(C(=O)NCc4ccc5nc(N)cc(N)c5c4)ccc31)CCC2. The van der Waals surface area contributed by atoms with Crippen LogP contribution in [0.4, 0.5) is 11.5 Å². The van der Waals surface area contributed by atoms with Crippen LogP contribution in [0.5, 0.6) is 0 Å². The first-order valence-electron chi connectivity index (χ1n) is 10.4. The predicted octanol–water partition coefficient (Wildman–Crippen LogP) is 3.79. The molecule has 0 saturated heterocycles. The van der Waals surface area contributed by atoms with Crippen LogP contribution in [-0.2, 0) is 25.9 Å². The van der Waals surface area contributed by atoms with Crippen LogP contribution in [-0.4, -0.2) is 15.5 Å². The summed E-state index contributed by atoms with van der Waals surface area (Å²) in [6.45, 7) is 3.56. The molecule has 2 heterocycles. The quantitative estimate of drug-likeness (QED) is 0.486. The summed E-state index contributed by atoms with van der Waals surface area (Å²) in [4.78, 5) is 17.1. The molecule has 4 aromatic rings. The highest BCUT2D eigenvalue weighted by Gasteiger charge is 2.21. The maximum absolute atomic E-state index is 12.8. The number of pyridine rings is 1. The Morgan fingerprint density at radius 1 is 1.10 bits per heavy atom. The fourth-order valence-corrected chi connectivity index (χ4v) is 4.69. The molecule has 6 heteroatoms. The molecule has 30 heavy (non-hydrogen) atoms. The number of aromatic nitrogens is 2. The van der Waals surface area contributed by atoms with Crippen LogP contribution in [0, 0.1) is 0 Å². The summed E-state index contributed by atoms with van der Waals surface area (Å²) in [6.07, 6.45) is 3.43. The lowest BCUT2D eigenvalue weighted by molar-refractivity contribution is 0.0951. The molecule has 152 valence electrons. The van der Waals surface area contributed by atoms with Crippen LogP contribution in [0.3, 0.4) is 0 Å². The summed E-state index contributed by atoms with van der Waals surface area (Å²) in [6, 6.07) is 13.5. The van der Waals surface area contributed by atoms with Crippen molar-refractivity contribution in [3.63, 3.8) is 0 Å². The number of nitrogen functional groups attached to an aromatic ring is 2. The third-order valence-corrected chi connectivity index (χ3v) is 6.08. The van der Waals surface area contributed by atoms with Gasteiger partial charge in [0.15, 0.2) is 0 Å². The first-order chi connectivity index (χ1) is 14.5. The molecule has 5 rings (SSSR count). The Kier molecular flexibility index (Phi) is 4.35. The third kappa shape index (κ3) is 2.96. The molecule has 0 radical (unpaired) electrons. The number of nitrogens with one attached hydrogen (secondary N) is 1. The van der Waals surface area contributed by atoms with Crippen LogP contribution in [0.1, 0.15) is 40.5 Å². The summed E-state index contributed by atoms with van der Waals surface area (Å²) in [5.41, 5.74) is 18.9. The van der Waals surface area contributed by atoms with Gasteiger partial charge in [0.05, 0.1) is 5.52 Å². The minimum Gasteiger partial charge on any atom is -0.398 e. The van der Waals surface area contributed by atoms with Crippen molar-refractivity contribution in [2.75, 3.05) is 11.5 Å². The highest BCUT2D eigenvalue weighted by Crippen LogP contribution is 2.33. The van der Waals surface area contributed by atoms with E-state index in [4.69, 9.17) is 11.5 Å². The summed E-state index contributed by atoms with van der Waals surface area (Å²) in [5, 5.41) is 5.10. The van der Waals surface area contributed by atoms with Gasteiger partial charge >= 0.3 is 0 Å². The molecule has 0 bridgehead atoms. The molecule has 1 aliphatic rings. The maximum Gasteiger partial charge on any atom is 0.251 e. The van der Waals surface area contributed by atoms with Crippen LogP contribution >= 0.6 is 0 Å². The van der Waals surface area contributed by atoms with Crippen LogP contribution in [0.2, 0.25) is 0 Å². The lowest BCUT2D eigenvalue weighted by atomic mass is 10.1. The van der Waals surface area contributed by atoms with Gasteiger partial charge in [0, 0.05) is 52.4 Å². The number of fused-ring (bicyclic) bond motifs is 4. The van der Waals surface area contributed by atoms with Crippen molar-refractivity contribution in [2.24, 2.45) is 0 Å². The van der Waals surface area contributed by atoms with E-state index >= 15 is 0 Å². The Balaban J connectivity index is 1.39. The Bertz CT molecular complexity index is 1300. The second kappa shape index (κ2) is 7.06. The number of rotatable bonds is 4. The molecule has 2 aromatic heterocycles. The van der Waals surface area contributed by atoms with E-state index in [2.05, 4.69) is 27.9 Å². The molecule has 5 N–H and O–H groups in total. The number of carbonyl (C=O) groups is 1. The molecule has 0 atom stereocenters. The molecule has 0 saturated carbocycles. The zero-order chi connectivity index (χ0) is 20.8. The largest absolute Gasteiger partial charge is 0.398 e. The van der Waals surface area contributed by atoms with Gasteiger partial charge in [0.1, 0.15) is 5.82 Å². The average Bonchev–Trinajstić information content (AvgIpc) is 3.32. The van der Waals surface area contributed by atoms with Gasteiger partial charge < -0.3 is 21.4 Å². The normalized spacial score (nSPS) is 13.1. The van der Waals surface area contributed by atoms with Gasteiger partial charge in [-0.1, -0.05) is 6.07 Å². The van der Waals surface area contributed by atoms with E-state index < -0.39 is 0 Å². The van der Waals surface area contributed by atoms with Gasteiger partial charge in [-0.3, -0.25) is 4.79 Å². The number of amides is 1. The van der Waals surface area contributed by atoms with Gasteiger partial charge in [-0.15, -0.1) is 0 Å². The number of nitrogens with zero attached hydrogens (tertiary/aromatic N) is 2. The summed E-state index contributed by atoms with van der Waals surface area (Å²) in [7, 11) is 0. The highest BCUT2D eigenvalue weighted by molar-refractivity contribution is 5.99. The standard InChI is InChI=1S/C24H25N5O/c1-2-29-21-5-3-4-16(21)17-11-15(7-9-22(17)29)24(30)27-13-14-6-8-20-18(10-14)19(25)12-23(26)28-20/h6-12H,2-5,13H2,1H3,(H,27,30)(H4,25,26,28). The number of hydrogen-bond acceptors (Lipinski definition) is 4. The minimum absolute atomic E-state index is 0.0728. The summed E-state index contributed by atoms with van der Waals surface area (Å²) in [5.74, 6) is 0.330. The van der Waals surface area contributed by atoms with Crippen molar-refractivity contribution in [3.8, 4) is 0 Å². The topological polar surface area (TPSA) is 99.0 Å². The molecule has 1 aliphatic carbocycles. The van der Waals surface area contributed by atoms with Crippen molar-refractivity contribution >= 4 is 39.2 Å². The molecule has 1 amide bonds. The molecule has 0 spiro atoms. The molecule has 2 aromatic carbocycles. The first kappa shape index (κ1) is 18.5. The number of aryl methyl sites for hydroxylation is 2. The second-order valence-corrected chi connectivity index (χ2v) is 7.93.